The number of nitrogens with zero attached hydrogens (tertiary/aromatic N) is 4. The SMILES string of the molecule is CNSc1ccc(Nc2ccccc2OC(F)(F)F)c(-c2nnnn2C)c1. The van der Waals surface area contributed by atoms with Crippen molar-refractivity contribution in [3.8, 4) is 17.1 Å². The number of rotatable bonds is 6. The number of para-hydroxylation sites is 2. The molecule has 0 bridgehead atoms. The van der Waals surface area contributed by atoms with Crippen LogP contribution in [0.25, 0.3) is 11.4 Å². The van der Waals surface area contributed by atoms with E-state index in [2.05, 4.69) is 30.3 Å². The molecule has 0 saturated carbocycles. The number of aromatic nitrogens is 4. The highest BCUT2D eigenvalue weighted by Gasteiger charge is 2.32. The van der Waals surface area contributed by atoms with Crippen LogP contribution in [-0.4, -0.2) is 33.6 Å². The number of alkyl halides is 3. The standard InChI is InChI=1S/C16H15F3N6OS/c1-20-27-10-7-8-12(11(9-10)15-22-23-24-25(15)2)21-13-5-3-4-6-14(13)26-16(17,18)19/h3-9,20-21H,1-2H3. The van der Waals surface area contributed by atoms with Crippen LogP contribution in [-0.2, 0) is 7.05 Å². The highest BCUT2D eigenvalue weighted by atomic mass is 32.2. The first kappa shape index (κ1) is 19.0. The van der Waals surface area contributed by atoms with E-state index in [1.54, 1.807) is 26.2 Å². The number of halogens is 3. The zero-order valence-electron chi connectivity index (χ0n) is 14.3. The predicted octanol–water partition coefficient (Wildman–Crippen LogP) is 3.75. The van der Waals surface area contributed by atoms with E-state index in [-0.39, 0.29) is 11.4 Å². The molecule has 3 aromatic rings. The van der Waals surface area contributed by atoms with Crippen molar-refractivity contribution < 1.29 is 17.9 Å². The Morgan fingerprint density at radius 2 is 1.89 bits per heavy atom. The molecule has 2 N–H and O–H groups in total. The van der Waals surface area contributed by atoms with Gasteiger partial charge in [-0.15, -0.1) is 18.3 Å². The summed E-state index contributed by atoms with van der Waals surface area (Å²) < 4.78 is 46.5. The van der Waals surface area contributed by atoms with Crippen LogP contribution in [0.4, 0.5) is 24.5 Å². The number of anilines is 2. The predicted molar refractivity (Wildman–Crippen MR) is 95.6 cm³/mol. The summed E-state index contributed by atoms with van der Waals surface area (Å²) >= 11 is 1.39. The summed E-state index contributed by atoms with van der Waals surface area (Å²) in [4.78, 5) is 0.890. The molecule has 0 aliphatic rings. The average molecular weight is 396 g/mol. The van der Waals surface area contributed by atoms with Gasteiger partial charge in [0.15, 0.2) is 11.6 Å². The van der Waals surface area contributed by atoms with Crippen molar-refractivity contribution >= 4 is 23.3 Å². The first-order valence-electron chi connectivity index (χ1n) is 7.69. The van der Waals surface area contributed by atoms with E-state index in [9.17, 15) is 13.2 Å². The fraction of sp³-hybridized carbons (Fsp3) is 0.188. The minimum absolute atomic E-state index is 0.167. The van der Waals surface area contributed by atoms with E-state index >= 15 is 0 Å². The van der Waals surface area contributed by atoms with Gasteiger partial charge in [-0.3, -0.25) is 4.72 Å². The number of ether oxygens (including phenoxy) is 1. The quantitative estimate of drug-likeness (QED) is 0.615. The van der Waals surface area contributed by atoms with Gasteiger partial charge >= 0.3 is 6.36 Å². The van der Waals surface area contributed by atoms with E-state index in [0.717, 1.165) is 4.90 Å². The van der Waals surface area contributed by atoms with Gasteiger partial charge in [0.1, 0.15) is 0 Å². The summed E-state index contributed by atoms with van der Waals surface area (Å²) in [7, 11) is 3.46. The molecule has 27 heavy (non-hydrogen) atoms. The topological polar surface area (TPSA) is 76.9 Å². The maximum Gasteiger partial charge on any atom is 0.573 e. The molecule has 0 fully saturated rings. The maximum atomic E-state index is 12.7. The van der Waals surface area contributed by atoms with Crippen molar-refractivity contribution in [1.29, 1.82) is 0 Å². The monoisotopic (exact) mass is 396 g/mol. The van der Waals surface area contributed by atoms with Gasteiger partial charge in [0, 0.05) is 23.2 Å². The Labute approximate surface area is 157 Å². The summed E-state index contributed by atoms with van der Waals surface area (Å²) in [6.07, 6.45) is -4.79. The van der Waals surface area contributed by atoms with E-state index in [4.69, 9.17) is 0 Å². The third-order valence-electron chi connectivity index (χ3n) is 3.45. The fourth-order valence-corrected chi connectivity index (χ4v) is 2.93. The minimum Gasteiger partial charge on any atom is -0.404 e. The molecule has 2 aromatic carbocycles. The Morgan fingerprint density at radius 3 is 2.56 bits per heavy atom. The smallest absolute Gasteiger partial charge is 0.404 e. The highest BCUT2D eigenvalue weighted by molar-refractivity contribution is 7.97. The molecule has 0 aliphatic heterocycles. The zero-order chi connectivity index (χ0) is 19.4. The Kier molecular flexibility index (Phi) is 5.51. The van der Waals surface area contributed by atoms with Gasteiger partial charge < -0.3 is 10.1 Å². The third-order valence-corrected chi connectivity index (χ3v) is 4.15. The van der Waals surface area contributed by atoms with Crippen LogP contribution in [0.2, 0.25) is 0 Å². The molecule has 1 heterocycles. The van der Waals surface area contributed by atoms with E-state index in [0.29, 0.717) is 17.1 Å². The van der Waals surface area contributed by atoms with Crippen LogP contribution in [0.5, 0.6) is 5.75 Å². The number of nitrogens with one attached hydrogen (secondary N) is 2. The molecule has 3 rings (SSSR count). The second kappa shape index (κ2) is 7.84. The lowest BCUT2D eigenvalue weighted by Crippen LogP contribution is -2.17. The minimum atomic E-state index is -4.79. The summed E-state index contributed by atoms with van der Waals surface area (Å²) in [6, 6.07) is 11.2. The number of hydrogen-bond donors (Lipinski definition) is 2. The van der Waals surface area contributed by atoms with Crippen molar-refractivity contribution in [2.24, 2.45) is 7.05 Å². The first-order valence-corrected chi connectivity index (χ1v) is 8.51. The van der Waals surface area contributed by atoms with Crippen LogP contribution in [0.1, 0.15) is 0 Å². The lowest BCUT2D eigenvalue weighted by Gasteiger charge is -2.16. The number of hydrogen-bond acceptors (Lipinski definition) is 7. The molecule has 0 spiro atoms. The zero-order valence-corrected chi connectivity index (χ0v) is 15.1. The molecule has 0 unspecified atom stereocenters. The summed E-state index contributed by atoms with van der Waals surface area (Å²) in [5, 5.41) is 14.4. The number of benzene rings is 2. The molecule has 1 aromatic heterocycles. The molecular formula is C16H15F3N6OS. The van der Waals surface area contributed by atoms with E-state index in [1.165, 1.54) is 34.8 Å². The molecule has 0 aliphatic carbocycles. The molecule has 0 radical (unpaired) electrons. The maximum absolute atomic E-state index is 12.7. The van der Waals surface area contributed by atoms with Gasteiger partial charge in [0.2, 0.25) is 0 Å². The lowest BCUT2D eigenvalue weighted by molar-refractivity contribution is -0.274. The van der Waals surface area contributed by atoms with Gasteiger partial charge in [-0.1, -0.05) is 12.1 Å². The molecule has 0 saturated heterocycles. The van der Waals surface area contributed by atoms with Gasteiger partial charge in [0.25, 0.3) is 0 Å². The summed E-state index contributed by atoms with van der Waals surface area (Å²) in [6.45, 7) is 0. The van der Waals surface area contributed by atoms with Crippen molar-refractivity contribution in [2.75, 3.05) is 12.4 Å². The average Bonchev–Trinajstić information content (AvgIpc) is 3.03. The number of tetrazole rings is 1. The van der Waals surface area contributed by atoms with E-state index < -0.39 is 6.36 Å². The van der Waals surface area contributed by atoms with Gasteiger partial charge in [0.05, 0.1) is 5.69 Å². The summed E-state index contributed by atoms with van der Waals surface area (Å²) in [5.74, 6) is 0.131. The summed E-state index contributed by atoms with van der Waals surface area (Å²) in [5.41, 5.74) is 1.33. The van der Waals surface area contributed by atoms with E-state index in [1.807, 2.05) is 12.1 Å². The Hall–Kier alpha value is -2.79. The largest absolute Gasteiger partial charge is 0.573 e. The first-order chi connectivity index (χ1) is 12.9. The van der Waals surface area contributed by atoms with Crippen LogP contribution >= 0.6 is 11.9 Å². The van der Waals surface area contributed by atoms with Crippen LogP contribution < -0.4 is 14.8 Å². The van der Waals surface area contributed by atoms with Crippen molar-refractivity contribution in [3.63, 3.8) is 0 Å². The molecule has 142 valence electrons. The third kappa shape index (κ3) is 4.68. The molecular weight excluding hydrogens is 381 g/mol. The molecule has 0 amide bonds. The van der Waals surface area contributed by atoms with Gasteiger partial charge in [-0.25, -0.2) is 4.68 Å². The van der Waals surface area contributed by atoms with Crippen molar-refractivity contribution in [1.82, 2.24) is 24.9 Å². The highest BCUT2D eigenvalue weighted by Crippen LogP contribution is 2.36. The molecule has 7 nitrogen and oxygen atoms in total. The van der Waals surface area contributed by atoms with Crippen LogP contribution in [0.3, 0.4) is 0 Å². The second-order valence-corrected chi connectivity index (χ2v) is 6.39. The van der Waals surface area contributed by atoms with Crippen molar-refractivity contribution in [3.05, 3.63) is 42.5 Å². The second-order valence-electron chi connectivity index (χ2n) is 5.31. The molecule has 0 atom stereocenters. The Morgan fingerprint density at radius 1 is 1.11 bits per heavy atom. The molecule has 11 heteroatoms. The lowest BCUT2D eigenvalue weighted by atomic mass is 10.1. The Bertz CT molecular complexity index is 931. The van der Waals surface area contributed by atoms with Gasteiger partial charge in [-0.2, -0.15) is 0 Å². The fourth-order valence-electron chi connectivity index (χ4n) is 2.39. The number of aryl methyl sites for hydroxylation is 1. The normalized spacial score (nSPS) is 11.4. The Balaban J connectivity index is 2.02. The van der Waals surface area contributed by atoms with Crippen LogP contribution in [0, 0.1) is 0 Å². The van der Waals surface area contributed by atoms with Gasteiger partial charge in [-0.05, 0) is 59.8 Å². The van der Waals surface area contributed by atoms with Crippen LogP contribution in [0.15, 0.2) is 47.4 Å². The van der Waals surface area contributed by atoms with Crippen molar-refractivity contribution in [2.45, 2.75) is 11.3 Å².